The first kappa shape index (κ1) is 20.1. The largest absolute Gasteiger partial charge is 0.458 e. The number of cyclic esters (lactones) is 1. The number of benzene rings is 1. The highest BCUT2D eigenvalue weighted by Gasteiger charge is 2.45. The van der Waals surface area contributed by atoms with Crippen LogP contribution in [-0.4, -0.2) is 46.2 Å². The van der Waals surface area contributed by atoms with E-state index in [2.05, 4.69) is 5.16 Å². The first-order valence-electron chi connectivity index (χ1n) is 10.9. The highest BCUT2D eigenvalue weighted by molar-refractivity contribution is 6.02. The van der Waals surface area contributed by atoms with Crippen LogP contribution in [0.5, 0.6) is 0 Å². The number of pyridine rings is 2. The number of aromatic nitrogens is 2. The maximum absolute atomic E-state index is 13.4. The smallest absolute Gasteiger partial charge is 0.343 e. The maximum Gasteiger partial charge on any atom is 0.343 e. The van der Waals surface area contributed by atoms with Gasteiger partial charge in [-0.05, 0) is 18.6 Å². The zero-order chi connectivity index (χ0) is 22.7. The lowest BCUT2D eigenvalue weighted by Crippen LogP contribution is -2.44. The Labute approximate surface area is 188 Å². The lowest BCUT2D eigenvalue weighted by atomic mass is 9.86. The molecule has 0 radical (unpaired) electrons. The van der Waals surface area contributed by atoms with E-state index in [0.29, 0.717) is 42.3 Å². The molecule has 5 heterocycles. The molecule has 0 amide bonds. The molecule has 6 rings (SSSR count). The lowest BCUT2D eigenvalue weighted by Gasteiger charge is -2.31. The van der Waals surface area contributed by atoms with Crippen LogP contribution in [0.3, 0.4) is 0 Å². The maximum atomic E-state index is 13.4. The summed E-state index contributed by atoms with van der Waals surface area (Å²) in [6.07, 6.45) is 1.84. The monoisotopic (exact) mass is 447 g/mol. The zero-order valence-electron chi connectivity index (χ0n) is 17.9. The minimum Gasteiger partial charge on any atom is -0.458 e. The molecule has 3 aromatic rings. The Kier molecular flexibility index (Phi) is 4.40. The van der Waals surface area contributed by atoms with Crippen LogP contribution in [0.25, 0.3) is 22.3 Å². The second-order valence-corrected chi connectivity index (χ2v) is 8.46. The standard InChI is InChI=1S/C24H21N3O6/c1-2-24(30)18-7-20-21-16(9-27(20)22(28)17(18)12-32-23(24)29)15(8-25-33-11-13-10-31-13)14-5-3-4-6-19(14)26-21/h3-8,13,30H,2,9-12H2,1H3/t13?,24-/m0/s1. The molecule has 168 valence electrons. The second-order valence-electron chi connectivity index (χ2n) is 8.46. The quantitative estimate of drug-likeness (QED) is 0.215. The van der Waals surface area contributed by atoms with E-state index in [4.69, 9.17) is 19.3 Å². The fourth-order valence-corrected chi connectivity index (χ4v) is 4.59. The van der Waals surface area contributed by atoms with Crippen molar-refractivity contribution in [2.24, 2.45) is 5.16 Å². The summed E-state index contributed by atoms with van der Waals surface area (Å²) in [4.78, 5) is 36.0. The third kappa shape index (κ3) is 3.00. The summed E-state index contributed by atoms with van der Waals surface area (Å²) in [5.41, 5.74) is 2.00. The average molecular weight is 447 g/mol. The number of hydrogen-bond donors (Lipinski definition) is 1. The third-order valence-electron chi connectivity index (χ3n) is 6.56. The van der Waals surface area contributed by atoms with Gasteiger partial charge in [0, 0.05) is 22.1 Å². The fourth-order valence-electron chi connectivity index (χ4n) is 4.59. The number of para-hydroxylation sites is 1. The van der Waals surface area contributed by atoms with Crippen LogP contribution in [0.2, 0.25) is 0 Å². The number of carbonyl (C=O) groups is 1. The van der Waals surface area contributed by atoms with Crippen LogP contribution in [-0.2, 0) is 37.9 Å². The first-order chi connectivity index (χ1) is 16.0. The van der Waals surface area contributed by atoms with Gasteiger partial charge in [0.1, 0.15) is 19.3 Å². The number of epoxide rings is 1. The molecule has 1 fully saturated rings. The van der Waals surface area contributed by atoms with Crippen molar-refractivity contribution in [2.75, 3.05) is 13.2 Å². The highest BCUT2D eigenvalue weighted by atomic mass is 16.7. The highest BCUT2D eigenvalue weighted by Crippen LogP contribution is 2.39. The molecular formula is C24H21N3O6. The Morgan fingerprint density at radius 2 is 2.15 bits per heavy atom. The summed E-state index contributed by atoms with van der Waals surface area (Å²) in [7, 11) is 0. The van der Waals surface area contributed by atoms with E-state index >= 15 is 0 Å². The molecular weight excluding hydrogens is 426 g/mol. The van der Waals surface area contributed by atoms with E-state index in [1.54, 1.807) is 23.8 Å². The molecule has 1 aromatic carbocycles. The molecule has 33 heavy (non-hydrogen) atoms. The number of oxime groups is 1. The molecule has 2 aromatic heterocycles. The van der Waals surface area contributed by atoms with Crippen molar-refractivity contribution in [3.63, 3.8) is 0 Å². The predicted octanol–water partition coefficient (Wildman–Crippen LogP) is 1.83. The topological polar surface area (TPSA) is 116 Å². The normalized spacial score (nSPS) is 22.7. The van der Waals surface area contributed by atoms with Gasteiger partial charge in [-0.15, -0.1) is 0 Å². The Morgan fingerprint density at radius 3 is 2.94 bits per heavy atom. The van der Waals surface area contributed by atoms with Crippen LogP contribution in [0.4, 0.5) is 0 Å². The van der Waals surface area contributed by atoms with Gasteiger partial charge < -0.3 is 24.0 Å². The van der Waals surface area contributed by atoms with Gasteiger partial charge in [0.05, 0.1) is 41.8 Å². The molecule has 0 spiro atoms. The summed E-state index contributed by atoms with van der Waals surface area (Å²) >= 11 is 0. The lowest BCUT2D eigenvalue weighted by molar-refractivity contribution is -0.172. The number of ether oxygens (including phenoxy) is 2. The van der Waals surface area contributed by atoms with E-state index in [9.17, 15) is 14.7 Å². The van der Waals surface area contributed by atoms with E-state index in [-0.39, 0.29) is 24.7 Å². The van der Waals surface area contributed by atoms with Gasteiger partial charge in [-0.3, -0.25) is 4.79 Å². The van der Waals surface area contributed by atoms with Gasteiger partial charge in [0.25, 0.3) is 5.56 Å². The van der Waals surface area contributed by atoms with Crippen molar-refractivity contribution in [3.8, 4) is 11.4 Å². The van der Waals surface area contributed by atoms with Gasteiger partial charge in [-0.2, -0.15) is 0 Å². The number of hydrogen-bond acceptors (Lipinski definition) is 8. The van der Waals surface area contributed by atoms with Gasteiger partial charge in [0.15, 0.2) is 5.60 Å². The van der Waals surface area contributed by atoms with Crippen LogP contribution < -0.4 is 5.56 Å². The molecule has 3 aliphatic rings. The molecule has 1 N–H and O–H groups in total. The van der Waals surface area contributed by atoms with Crippen LogP contribution >= 0.6 is 0 Å². The summed E-state index contributed by atoms with van der Waals surface area (Å²) < 4.78 is 11.9. The molecule has 0 saturated carbocycles. The number of rotatable bonds is 5. The number of fused-ring (bicyclic) bond motifs is 5. The van der Waals surface area contributed by atoms with Crippen molar-refractivity contribution in [2.45, 2.75) is 38.2 Å². The summed E-state index contributed by atoms with van der Waals surface area (Å²) in [5.74, 6) is -0.740. The van der Waals surface area contributed by atoms with Crippen LogP contribution in [0.15, 0.2) is 40.3 Å². The Morgan fingerprint density at radius 1 is 1.33 bits per heavy atom. The van der Waals surface area contributed by atoms with Crippen molar-refractivity contribution in [3.05, 3.63) is 62.9 Å². The van der Waals surface area contributed by atoms with E-state index in [1.807, 2.05) is 24.3 Å². The van der Waals surface area contributed by atoms with Gasteiger partial charge >= 0.3 is 5.97 Å². The van der Waals surface area contributed by atoms with Crippen molar-refractivity contribution >= 4 is 23.1 Å². The second kappa shape index (κ2) is 7.23. The number of carbonyl (C=O) groups excluding carboxylic acids is 1. The SMILES string of the molecule is CC[C@@]1(O)C(=O)OCc2c1cc1n(c2=O)Cc2c-1nc1ccccc1c2C=NOCC1CO1. The Balaban J connectivity index is 1.54. The molecule has 9 nitrogen and oxygen atoms in total. The third-order valence-corrected chi connectivity index (χ3v) is 6.56. The number of nitrogens with zero attached hydrogens (tertiary/aromatic N) is 3. The number of aliphatic hydroxyl groups is 1. The summed E-state index contributed by atoms with van der Waals surface area (Å²) in [6.45, 7) is 2.88. The molecule has 1 unspecified atom stereocenters. The average Bonchev–Trinajstić information content (AvgIpc) is 3.58. The molecule has 0 bridgehead atoms. The van der Waals surface area contributed by atoms with Gasteiger partial charge in [-0.25, -0.2) is 9.78 Å². The van der Waals surface area contributed by atoms with E-state index < -0.39 is 11.6 Å². The van der Waals surface area contributed by atoms with Gasteiger partial charge in [-0.1, -0.05) is 30.3 Å². The van der Waals surface area contributed by atoms with E-state index in [0.717, 1.165) is 22.0 Å². The molecule has 3 aliphatic heterocycles. The van der Waals surface area contributed by atoms with Gasteiger partial charge in [0.2, 0.25) is 0 Å². The minimum atomic E-state index is -1.86. The molecule has 2 atom stereocenters. The molecule has 1 saturated heterocycles. The number of esters is 1. The van der Waals surface area contributed by atoms with Crippen molar-refractivity contribution < 1.29 is 24.2 Å². The Hall–Kier alpha value is -3.56. The summed E-state index contributed by atoms with van der Waals surface area (Å²) in [6, 6.07) is 9.36. The zero-order valence-corrected chi connectivity index (χ0v) is 17.9. The minimum absolute atomic E-state index is 0.0958. The van der Waals surface area contributed by atoms with Crippen LogP contribution in [0.1, 0.15) is 35.6 Å². The van der Waals surface area contributed by atoms with Crippen molar-refractivity contribution in [1.29, 1.82) is 0 Å². The Bertz CT molecular complexity index is 1410. The van der Waals surface area contributed by atoms with Crippen LogP contribution in [0, 0.1) is 0 Å². The summed E-state index contributed by atoms with van der Waals surface area (Å²) in [5, 5.41) is 16.1. The first-order valence-corrected chi connectivity index (χ1v) is 10.9. The van der Waals surface area contributed by atoms with Crippen molar-refractivity contribution in [1.82, 2.24) is 9.55 Å². The van der Waals surface area contributed by atoms with E-state index in [1.165, 1.54) is 0 Å². The molecule has 9 heteroatoms. The molecule has 0 aliphatic carbocycles. The fraction of sp³-hybridized carbons (Fsp3) is 0.333. The predicted molar refractivity (Wildman–Crippen MR) is 118 cm³/mol.